The van der Waals surface area contributed by atoms with Gasteiger partial charge in [-0.1, -0.05) is 0 Å². The van der Waals surface area contributed by atoms with E-state index in [1.807, 2.05) is 0 Å². The number of halogens is 5. The summed E-state index contributed by atoms with van der Waals surface area (Å²) in [5.41, 5.74) is 0.563. The van der Waals surface area contributed by atoms with Crippen molar-refractivity contribution < 1.29 is 31.5 Å². The molecule has 0 atom stereocenters. The fourth-order valence-corrected chi connectivity index (χ4v) is 1.31. The Labute approximate surface area is 97.6 Å². The highest BCUT2D eigenvalue weighted by atomic mass is 19.4. The Morgan fingerprint density at radius 1 is 1.44 bits per heavy atom. The molecule has 0 bridgehead atoms. The predicted molar refractivity (Wildman–Crippen MR) is 49.9 cm³/mol. The molecule has 0 amide bonds. The van der Waals surface area contributed by atoms with Crippen LogP contribution < -0.4 is 5.73 Å². The maximum Gasteiger partial charge on any atom is 0.419 e. The number of ether oxygens (including phenoxy) is 1. The standard InChI is InChI=1S/C9H7F5N2O2/c1-18-8(17)3-2-4(15)16-6(7(10)11)5(3)9(12,13)14/h2,7H,1H3,(H2,15,16). The summed E-state index contributed by atoms with van der Waals surface area (Å²) in [4.78, 5) is 14.1. The highest BCUT2D eigenvalue weighted by molar-refractivity contribution is 5.92. The van der Waals surface area contributed by atoms with Gasteiger partial charge in [-0.15, -0.1) is 0 Å². The number of carbonyl (C=O) groups excluding carboxylic acids is 1. The van der Waals surface area contributed by atoms with Crippen LogP contribution in [0.3, 0.4) is 0 Å². The lowest BCUT2D eigenvalue weighted by molar-refractivity contribution is -0.140. The van der Waals surface area contributed by atoms with E-state index in [1.165, 1.54) is 0 Å². The minimum Gasteiger partial charge on any atom is -0.465 e. The second-order valence-electron chi connectivity index (χ2n) is 3.14. The van der Waals surface area contributed by atoms with E-state index in [0.717, 1.165) is 7.11 Å². The number of anilines is 1. The fourth-order valence-electron chi connectivity index (χ4n) is 1.31. The first kappa shape index (κ1) is 14.1. The number of nitrogen functional groups attached to an aromatic ring is 1. The molecule has 1 heterocycles. The van der Waals surface area contributed by atoms with Crippen LogP contribution in [-0.4, -0.2) is 18.1 Å². The van der Waals surface area contributed by atoms with Gasteiger partial charge in [0.1, 0.15) is 11.5 Å². The van der Waals surface area contributed by atoms with Gasteiger partial charge in [0.25, 0.3) is 6.43 Å². The van der Waals surface area contributed by atoms with E-state index in [9.17, 15) is 26.7 Å². The average molecular weight is 270 g/mol. The van der Waals surface area contributed by atoms with Crippen molar-refractivity contribution in [3.05, 3.63) is 22.9 Å². The van der Waals surface area contributed by atoms with E-state index in [-0.39, 0.29) is 0 Å². The van der Waals surface area contributed by atoms with Crippen molar-refractivity contribution in [1.29, 1.82) is 0 Å². The SMILES string of the molecule is COC(=O)c1cc(N)nc(C(F)F)c1C(F)(F)F. The molecular weight excluding hydrogens is 263 g/mol. The zero-order valence-electron chi connectivity index (χ0n) is 8.89. The van der Waals surface area contributed by atoms with E-state index in [0.29, 0.717) is 6.07 Å². The number of methoxy groups -OCH3 is 1. The third-order valence-electron chi connectivity index (χ3n) is 1.96. The topological polar surface area (TPSA) is 65.2 Å². The van der Waals surface area contributed by atoms with Crippen molar-refractivity contribution >= 4 is 11.8 Å². The quantitative estimate of drug-likeness (QED) is 0.662. The largest absolute Gasteiger partial charge is 0.465 e. The molecule has 0 aliphatic heterocycles. The molecular formula is C9H7F5N2O2. The van der Waals surface area contributed by atoms with Crippen LogP contribution in [0.5, 0.6) is 0 Å². The van der Waals surface area contributed by atoms with E-state index < -0.39 is 41.2 Å². The van der Waals surface area contributed by atoms with Gasteiger partial charge in [-0.2, -0.15) is 13.2 Å². The molecule has 2 N–H and O–H groups in total. The number of hydrogen-bond donors (Lipinski definition) is 1. The first-order chi connectivity index (χ1) is 8.18. The van der Waals surface area contributed by atoms with E-state index in [1.54, 1.807) is 0 Å². The fraction of sp³-hybridized carbons (Fsp3) is 0.333. The molecule has 1 aromatic heterocycles. The van der Waals surface area contributed by atoms with Crippen molar-refractivity contribution in [2.75, 3.05) is 12.8 Å². The molecule has 1 rings (SSSR count). The lowest BCUT2D eigenvalue weighted by Gasteiger charge is -2.15. The second-order valence-corrected chi connectivity index (χ2v) is 3.14. The number of nitrogens with two attached hydrogens (primary N) is 1. The van der Waals surface area contributed by atoms with Crippen LogP contribution >= 0.6 is 0 Å². The summed E-state index contributed by atoms with van der Waals surface area (Å²) in [6.45, 7) is 0. The molecule has 4 nitrogen and oxygen atoms in total. The third-order valence-corrected chi connectivity index (χ3v) is 1.96. The van der Waals surface area contributed by atoms with Gasteiger partial charge < -0.3 is 10.5 Å². The number of aromatic nitrogens is 1. The maximum atomic E-state index is 12.7. The number of pyridine rings is 1. The third kappa shape index (κ3) is 2.66. The Balaban J connectivity index is 3.64. The molecule has 0 aliphatic rings. The smallest absolute Gasteiger partial charge is 0.419 e. The Bertz CT molecular complexity index is 473. The summed E-state index contributed by atoms with van der Waals surface area (Å²) in [6.07, 6.45) is -8.69. The number of hydrogen-bond acceptors (Lipinski definition) is 4. The monoisotopic (exact) mass is 270 g/mol. The first-order valence-electron chi connectivity index (χ1n) is 4.42. The van der Waals surface area contributed by atoms with E-state index in [4.69, 9.17) is 5.73 Å². The molecule has 0 aromatic carbocycles. The summed E-state index contributed by atoms with van der Waals surface area (Å²) >= 11 is 0. The highest BCUT2D eigenvalue weighted by Gasteiger charge is 2.41. The van der Waals surface area contributed by atoms with Crippen molar-refractivity contribution in [2.24, 2.45) is 0 Å². The number of rotatable bonds is 2. The van der Waals surface area contributed by atoms with Crippen LogP contribution in [-0.2, 0) is 10.9 Å². The summed E-state index contributed by atoms with van der Waals surface area (Å²) in [5, 5.41) is 0. The van der Waals surface area contributed by atoms with Gasteiger partial charge in [0.05, 0.1) is 18.2 Å². The van der Waals surface area contributed by atoms with Gasteiger partial charge in [-0.3, -0.25) is 0 Å². The Morgan fingerprint density at radius 2 is 2.00 bits per heavy atom. The molecule has 9 heteroatoms. The van der Waals surface area contributed by atoms with Crippen molar-refractivity contribution in [1.82, 2.24) is 4.98 Å². The normalized spacial score (nSPS) is 11.7. The van der Waals surface area contributed by atoms with E-state index >= 15 is 0 Å². The molecule has 0 saturated carbocycles. The van der Waals surface area contributed by atoms with Crippen molar-refractivity contribution in [3.8, 4) is 0 Å². The minimum absolute atomic E-state index is 0.542. The number of nitrogens with zero attached hydrogens (tertiary/aromatic N) is 1. The van der Waals surface area contributed by atoms with Crippen LogP contribution in [0.25, 0.3) is 0 Å². The summed E-state index contributed by atoms with van der Waals surface area (Å²) < 4.78 is 67.2. The Kier molecular flexibility index (Phi) is 3.73. The number of alkyl halides is 5. The van der Waals surface area contributed by atoms with Gasteiger partial charge >= 0.3 is 12.1 Å². The molecule has 1 aromatic rings. The number of carbonyl (C=O) groups is 1. The van der Waals surface area contributed by atoms with Gasteiger partial charge in [-0.25, -0.2) is 18.6 Å². The highest BCUT2D eigenvalue weighted by Crippen LogP contribution is 2.38. The average Bonchev–Trinajstić information content (AvgIpc) is 2.24. The second kappa shape index (κ2) is 4.75. The zero-order chi connectivity index (χ0) is 14.1. The minimum atomic E-state index is -5.17. The number of esters is 1. The van der Waals surface area contributed by atoms with Crippen LogP contribution in [0.2, 0.25) is 0 Å². The zero-order valence-corrected chi connectivity index (χ0v) is 8.89. The molecule has 0 fully saturated rings. The van der Waals surface area contributed by atoms with Crippen molar-refractivity contribution in [2.45, 2.75) is 12.6 Å². The van der Waals surface area contributed by atoms with Gasteiger partial charge in [0.2, 0.25) is 0 Å². The predicted octanol–water partition coefficient (Wildman–Crippen LogP) is 2.41. The molecule has 0 aliphatic carbocycles. The lowest BCUT2D eigenvalue weighted by Crippen LogP contribution is -2.19. The molecule has 0 radical (unpaired) electrons. The van der Waals surface area contributed by atoms with E-state index in [2.05, 4.69) is 9.72 Å². The van der Waals surface area contributed by atoms with Crippen LogP contribution in [0.1, 0.15) is 28.0 Å². The van der Waals surface area contributed by atoms with Crippen LogP contribution in [0.15, 0.2) is 6.07 Å². The lowest BCUT2D eigenvalue weighted by atomic mass is 10.1. The van der Waals surface area contributed by atoms with Crippen LogP contribution in [0, 0.1) is 0 Å². The molecule has 0 unspecified atom stereocenters. The molecule has 0 spiro atoms. The maximum absolute atomic E-state index is 12.7. The first-order valence-corrected chi connectivity index (χ1v) is 4.42. The van der Waals surface area contributed by atoms with Gasteiger partial charge in [0.15, 0.2) is 0 Å². The Morgan fingerprint density at radius 3 is 2.39 bits per heavy atom. The molecule has 100 valence electrons. The summed E-state index contributed by atoms with van der Waals surface area (Å²) in [6, 6.07) is 0.542. The van der Waals surface area contributed by atoms with Crippen molar-refractivity contribution in [3.63, 3.8) is 0 Å². The van der Waals surface area contributed by atoms with Gasteiger partial charge in [0, 0.05) is 0 Å². The molecule has 0 saturated heterocycles. The van der Waals surface area contributed by atoms with Gasteiger partial charge in [-0.05, 0) is 6.07 Å². The molecule has 18 heavy (non-hydrogen) atoms. The summed E-state index contributed by atoms with van der Waals surface area (Å²) in [5.74, 6) is -2.04. The Hall–Kier alpha value is -1.93. The summed E-state index contributed by atoms with van der Waals surface area (Å²) in [7, 11) is 0.821. The van der Waals surface area contributed by atoms with Crippen LogP contribution in [0.4, 0.5) is 27.8 Å².